The van der Waals surface area contributed by atoms with E-state index < -0.39 is 24.3 Å². The van der Waals surface area contributed by atoms with Crippen molar-refractivity contribution in [2.45, 2.75) is 24.3 Å². The molecule has 1 saturated heterocycles. The molecule has 0 N–H and O–H groups in total. The summed E-state index contributed by atoms with van der Waals surface area (Å²) in [4.78, 5) is 5.41. The smallest absolute Gasteiger partial charge is 0.206 e. The molecule has 0 radical (unpaired) electrons. The number of rotatable bonds is 0. The molecule has 1 rings (SSSR count). The van der Waals surface area contributed by atoms with Crippen molar-refractivity contribution in [3.63, 3.8) is 0 Å². The highest BCUT2D eigenvalue weighted by molar-refractivity contribution is 4.96. The Labute approximate surface area is 66.1 Å². The van der Waals surface area contributed by atoms with Crippen LogP contribution >= 0.6 is 0 Å². The summed E-state index contributed by atoms with van der Waals surface area (Å²) >= 11 is 0. The summed E-state index contributed by atoms with van der Waals surface area (Å²) < 4.78 is 83.4. The zero-order valence-corrected chi connectivity index (χ0v) is 5.54. The molecule has 1 aliphatic heterocycles. The molecule has 2 unspecified atom stereocenters. The zero-order chi connectivity index (χ0) is 10.5. The molecule has 2 nitrogen and oxygen atoms in total. The lowest BCUT2D eigenvalue weighted by Crippen LogP contribution is -2.55. The van der Waals surface area contributed by atoms with Gasteiger partial charge >= 0.3 is 24.3 Å². The first-order valence-electron chi connectivity index (χ1n) is 2.75. The molecule has 1 heterocycles. The van der Waals surface area contributed by atoms with E-state index in [2.05, 4.69) is 9.78 Å². The van der Waals surface area contributed by atoms with Crippen LogP contribution in [0.4, 0.5) is 30.7 Å². The molecule has 0 amide bonds. The van der Waals surface area contributed by atoms with E-state index in [1.807, 2.05) is 0 Å². The molecular weight excluding hydrogens is 213 g/mol. The predicted octanol–water partition coefficient (Wildman–Crippen LogP) is 2.11. The predicted molar refractivity (Wildman–Crippen MR) is 21.9 cm³/mol. The van der Waals surface area contributed by atoms with Crippen LogP contribution in [0.3, 0.4) is 0 Å². The standard InChI is InChI=1S/C4HF7O2/c5-1-2(6,7)3(8,13-12-1)4(9,10)11/h1H. The van der Waals surface area contributed by atoms with Crippen LogP contribution in [-0.2, 0) is 9.78 Å². The number of alkyl halides is 7. The Hall–Kier alpha value is -0.570. The van der Waals surface area contributed by atoms with Crippen molar-refractivity contribution in [1.82, 2.24) is 0 Å². The summed E-state index contributed by atoms with van der Waals surface area (Å²) in [7, 11) is 0. The Morgan fingerprint density at radius 2 is 1.54 bits per heavy atom. The van der Waals surface area contributed by atoms with Gasteiger partial charge in [0, 0.05) is 0 Å². The summed E-state index contributed by atoms with van der Waals surface area (Å²) in [6, 6.07) is 0. The molecule has 9 heteroatoms. The number of hydrogen-bond donors (Lipinski definition) is 0. The SMILES string of the molecule is FC1OOC(F)(C(F)(F)F)C1(F)F. The lowest BCUT2D eigenvalue weighted by Gasteiger charge is -2.24. The Morgan fingerprint density at radius 1 is 1.08 bits per heavy atom. The summed E-state index contributed by atoms with van der Waals surface area (Å²) in [5.74, 6) is -10.8. The molecule has 1 aliphatic rings. The monoisotopic (exact) mass is 214 g/mol. The minimum atomic E-state index is -6.07. The van der Waals surface area contributed by atoms with Gasteiger partial charge in [0.2, 0.25) is 0 Å². The van der Waals surface area contributed by atoms with Crippen molar-refractivity contribution < 1.29 is 40.5 Å². The highest BCUT2D eigenvalue weighted by Gasteiger charge is 2.82. The number of halogens is 7. The van der Waals surface area contributed by atoms with Crippen molar-refractivity contribution in [1.29, 1.82) is 0 Å². The zero-order valence-electron chi connectivity index (χ0n) is 5.54. The molecule has 0 spiro atoms. The van der Waals surface area contributed by atoms with Crippen molar-refractivity contribution in [3.8, 4) is 0 Å². The Kier molecular flexibility index (Phi) is 2.00. The second-order valence-corrected chi connectivity index (χ2v) is 2.21. The molecular formula is C4HF7O2. The first kappa shape index (κ1) is 10.5. The fourth-order valence-electron chi connectivity index (χ4n) is 0.607. The molecule has 0 aliphatic carbocycles. The van der Waals surface area contributed by atoms with Crippen molar-refractivity contribution >= 4 is 0 Å². The van der Waals surface area contributed by atoms with Crippen molar-refractivity contribution in [3.05, 3.63) is 0 Å². The van der Waals surface area contributed by atoms with Crippen LogP contribution in [0.25, 0.3) is 0 Å². The average Bonchev–Trinajstić information content (AvgIpc) is 2.13. The van der Waals surface area contributed by atoms with Gasteiger partial charge in [0.25, 0.3) is 0 Å². The van der Waals surface area contributed by atoms with Crippen LogP contribution in [0.5, 0.6) is 0 Å². The molecule has 0 aromatic heterocycles. The third-order valence-electron chi connectivity index (χ3n) is 1.33. The summed E-state index contributed by atoms with van der Waals surface area (Å²) in [5, 5.41) is 0. The molecule has 0 aromatic rings. The largest absolute Gasteiger partial charge is 0.458 e. The molecule has 0 aromatic carbocycles. The van der Waals surface area contributed by atoms with Gasteiger partial charge in [0.1, 0.15) is 0 Å². The van der Waals surface area contributed by atoms with Crippen molar-refractivity contribution in [2.75, 3.05) is 0 Å². The molecule has 2 atom stereocenters. The van der Waals surface area contributed by atoms with Gasteiger partial charge in [-0.05, 0) is 0 Å². The van der Waals surface area contributed by atoms with E-state index in [4.69, 9.17) is 0 Å². The van der Waals surface area contributed by atoms with Gasteiger partial charge in [0.15, 0.2) is 0 Å². The van der Waals surface area contributed by atoms with E-state index in [1.54, 1.807) is 0 Å². The second-order valence-electron chi connectivity index (χ2n) is 2.21. The van der Waals surface area contributed by atoms with Crippen LogP contribution in [0.1, 0.15) is 0 Å². The molecule has 78 valence electrons. The summed E-state index contributed by atoms with van der Waals surface area (Å²) in [6.07, 6.45) is -9.85. The maximum Gasteiger partial charge on any atom is 0.458 e. The topological polar surface area (TPSA) is 18.5 Å². The fraction of sp³-hybridized carbons (Fsp3) is 1.00. The summed E-state index contributed by atoms with van der Waals surface area (Å²) in [6.45, 7) is 0. The summed E-state index contributed by atoms with van der Waals surface area (Å²) in [5.41, 5.74) is 0. The van der Waals surface area contributed by atoms with Crippen LogP contribution in [0.2, 0.25) is 0 Å². The van der Waals surface area contributed by atoms with E-state index in [0.29, 0.717) is 0 Å². The molecule has 13 heavy (non-hydrogen) atoms. The first-order chi connectivity index (χ1) is 5.63. The average molecular weight is 214 g/mol. The normalized spacial score (nSPS) is 39.5. The third kappa shape index (κ3) is 1.17. The van der Waals surface area contributed by atoms with Crippen LogP contribution in [-0.4, -0.2) is 24.3 Å². The van der Waals surface area contributed by atoms with Crippen LogP contribution < -0.4 is 0 Å². The first-order valence-corrected chi connectivity index (χ1v) is 2.75. The minimum absolute atomic E-state index is 2.62. The maximum atomic E-state index is 12.4. The van der Waals surface area contributed by atoms with Gasteiger partial charge in [-0.1, -0.05) is 0 Å². The second kappa shape index (κ2) is 2.47. The lowest BCUT2D eigenvalue weighted by atomic mass is 10.1. The van der Waals surface area contributed by atoms with E-state index in [0.717, 1.165) is 0 Å². The highest BCUT2D eigenvalue weighted by Crippen LogP contribution is 2.52. The minimum Gasteiger partial charge on any atom is -0.206 e. The van der Waals surface area contributed by atoms with Gasteiger partial charge in [-0.15, -0.1) is 0 Å². The van der Waals surface area contributed by atoms with Gasteiger partial charge in [-0.25, -0.2) is 4.39 Å². The lowest BCUT2D eigenvalue weighted by molar-refractivity contribution is -0.443. The van der Waals surface area contributed by atoms with Crippen LogP contribution in [0, 0.1) is 0 Å². The third-order valence-corrected chi connectivity index (χ3v) is 1.33. The van der Waals surface area contributed by atoms with E-state index >= 15 is 0 Å². The Balaban J connectivity index is 3.06. The van der Waals surface area contributed by atoms with E-state index in [9.17, 15) is 30.7 Å². The Bertz CT molecular complexity index is 213. The molecule has 1 fully saturated rings. The van der Waals surface area contributed by atoms with Crippen LogP contribution in [0.15, 0.2) is 0 Å². The van der Waals surface area contributed by atoms with Crippen molar-refractivity contribution in [2.24, 2.45) is 0 Å². The maximum absolute atomic E-state index is 12.4. The van der Waals surface area contributed by atoms with Gasteiger partial charge < -0.3 is 0 Å². The Morgan fingerprint density at radius 3 is 1.69 bits per heavy atom. The quantitative estimate of drug-likeness (QED) is 0.454. The fourth-order valence-corrected chi connectivity index (χ4v) is 0.607. The van der Waals surface area contributed by atoms with Gasteiger partial charge in [0.05, 0.1) is 0 Å². The van der Waals surface area contributed by atoms with Gasteiger partial charge in [-0.3, -0.25) is 0 Å². The van der Waals surface area contributed by atoms with E-state index in [-0.39, 0.29) is 0 Å². The molecule has 0 saturated carbocycles. The number of hydrogen-bond acceptors (Lipinski definition) is 2. The molecule has 0 bridgehead atoms. The highest BCUT2D eigenvalue weighted by atomic mass is 19.4. The van der Waals surface area contributed by atoms with E-state index in [1.165, 1.54) is 0 Å². The van der Waals surface area contributed by atoms with Gasteiger partial charge in [-0.2, -0.15) is 36.1 Å².